The van der Waals surface area contributed by atoms with Crippen molar-refractivity contribution in [3.05, 3.63) is 10.6 Å². The monoisotopic (exact) mass is 251 g/mol. The van der Waals surface area contributed by atoms with E-state index < -0.39 is 0 Å². The maximum absolute atomic E-state index is 6.15. The molecule has 17 heavy (non-hydrogen) atoms. The van der Waals surface area contributed by atoms with Crippen LogP contribution in [0.25, 0.3) is 0 Å². The van der Waals surface area contributed by atoms with Crippen molar-refractivity contribution in [2.24, 2.45) is 5.73 Å². The van der Waals surface area contributed by atoms with E-state index in [0.717, 1.165) is 6.42 Å². The Balaban J connectivity index is 1.83. The van der Waals surface area contributed by atoms with E-state index in [1.165, 1.54) is 67.3 Å². The quantitative estimate of drug-likeness (QED) is 0.834. The summed E-state index contributed by atoms with van der Waals surface area (Å²) in [6, 6.07) is 0.190. The lowest BCUT2D eigenvalue weighted by Crippen LogP contribution is -2.24. The third kappa shape index (κ3) is 2.33. The molecular weight excluding hydrogens is 230 g/mol. The molecule has 3 nitrogen and oxygen atoms in total. The van der Waals surface area contributed by atoms with E-state index in [-0.39, 0.29) is 6.04 Å². The Morgan fingerprint density at radius 3 is 2.59 bits per heavy atom. The minimum atomic E-state index is 0.190. The van der Waals surface area contributed by atoms with E-state index in [2.05, 4.69) is 4.90 Å². The van der Waals surface area contributed by atoms with Crippen LogP contribution in [-0.4, -0.2) is 18.1 Å². The maximum atomic E-state index is 6.15. The fourth-order valence-electron chi connectivity index (χ4n) is 2.84. The lowest BCUT2D eigenvalue weighted by molar-refractivity contribution is 0.563. The van der Waals surface area contributed by atoms with Crippen molar-refractivity contribution in [1.82, 2.24) is 4.98 Å². The highest BCUT2D eigenvalue weighted by molar-refractivity contribution is 7.15. The van der Waals surface area contributed by atoms with Crippen LogP contribution in [0, 0.1) is 0 Å². The van der Waals surface area contributed by atoms with Crippen LogP contribution in [0.5, 0.6) is 0 Å². The van der Waals surface area contributed by atoms with Gasteiger partial charge >= 0.3 is 0 Å². The zero-order valence-electron chi connectivity index (χ0n) is 10.3. The molecule has 0 saturated carbocycles. The van der Waals surface area contributed by atoms with E-state index in [4.69, 9.17) is 10.7 Å². The van der Waals surface area contributed by atoms with Gasteiger partial charge in [-0.1, -0.05) is 12.8 Å². The predicted molar refractivity (Wildman–Crippen MR) is 72.7 cm³/mol. The lowest BCUT2D eigenvalue weighted by Gasteiger charge is -2.18. The van der Waals surface area contributed by atoms with Crippen molar-refractivity contribution in [3.8, 4) is 0 Å². The highest BCUT2D eigenvalue weighted by Crippen LogP contribution is 2.36. The van der Waals surface area contributed by atoms with Gasteiger partial charge in [-0.15, -0.1) is 11.3 Å². The topological polar surface area (TPSA) is 42.1 Å². The first-order valence-corrected chi connectivity index (χ1v) is 7.66. The second-order valence-electron chi connectivity index (χ2n) is 5.20. The summed E-state index contributed by atoms with van der Waals surface area (Å²) in [6.07, 6.45) is 8.91. The number of nitrogens with zero attached hydrogens (tertiary/aromatic N) is 2. The first-order valence-electron chi connectivity index (χ1n) is 6.85. The zero-order chi connectivity index (χ0) is 11.7. The number of hydrogen-bond donors (Lipinski definition) is 1. The summed E-state index contributed by atoms with van der Waals surface area (Å²) in [5.41, 5.74) is 7.34. The summed E-state index contributed by atoms with van der Waals surface area (Å²) in [5, 5.41) is 1.23. The molecule has 1 unspecified atom stereocenters. The van der Waals surface area contributed by atoms with Gasteiger partial charge in [0.1, 0.15) is 0 Å². The van der Waals surface area contributed by atoms with Gasteiger partial charge in [0, 0.05) is 24.0 Å². The van der Waals surface area contributed by atoms with E-state index in [1.54, 1.807) is 0 Å². The first-order chi connectivity index (χ1) is 8.34. The fourth-order valence-corrected chi connectivity index (χ4v) is 4.06. The van der Waals surface area contributed by atoms with Crippen molar-refractivity contribution in [2.45, 2.75) is 51.0 Å². The second-order valence-corrected chi connectivity index (χ2v) is 6.27. The molecule has 3 rings (SSSR count). The summed E-state index contributed by atoms with van der Waals surface area (Å²) < 4.78 is 0. The summed E-state index contributed by atoms with van der Waals surface area (Å²) in [7, 11) is 0. The molecule has 2 heterocycles. The summed E-state index contributed by atoms with van der Waals surface area (Å²) >= 11 is 1.89. The summed E-state index contributed by atoms with van der Waals surface area (Å²) in [5.74, 6) is 0. The minimum absolute atomic E-state index is 0.190. The van der Waals surface area contributed by atoms with Gasteiger partial charge in [0.25, 0.3) is 0 Å². The van der Waals surface area contributed by atoms with Crippen LogP contribution in [-0.2, 0) is 6.42 Å². The van der Waals surface area contributed by atoms with Crippen molar-refractivity contribution in [2.75, 3.05) is 18.0 Å². The third-order valence-electron chi connectivity index (χ3n) is 3.86. The highest BCUT2D eigenvalue weighted by atomic mass is 32.1. The highest BCUT2D eigenvalue weighted by Gasteiger charge is 2.23. The smallest absolute Gasteiger partial charge is 0.185 e. The van der Waals surface area contributed by atoms with Crippen molar-refractivity contribution >= 4 is 16.5 Å². The van der Waals surface area contributed by atoms with Crippen molar-refractivity contribution < 1.29 is 0 Å². The number of nitrogens with two attached hydrogens (primary N) is 1. The zero-order valence-corrected chi connectivity index (χ0v) is 11.1. The number of thiazole rings is 1. The largest absolute Gasteiger partial charge is 0.348 e. The Kier molecular flexibility index (Phi) is 3.34. The average molecular weight is 251 g/mol. The van der Waals surface area contributed by atoms with Gasteiger partial charge in [-0.05, 0) is 32.1 Å². The number of aromatic nitrogens is 1. The second kappa shape index (κ2) is 4.94. The molecule has 1 atom stereocenters. The number of rotatable bonds is 1. The molecule has 1 saturated heterocycles. The van der Waals surface area contributed by atoms with E-state index in [9.17, 15) is 0 Å². The molecule has 2 N–H and O–H groups in total. The van der Waals surface area contributed by atoms with Crippen LogP contribution < -0.4 is 10.6 Å². The van der Waals surface area contributed by atoms with Gasteiger partial charge in [0.05, 0.1) is 5.69 Å². The Labute approximate surface area is 107 Å². The van der Waals surface area contributed by atoms with Crippen LogP contribution in [0.2, 0.25) is 0 Å². The van der Waals surface area contributed by atoms with Gasteiger partial charge in [0.15, 0.2) is 5.13 Å². The van der Waals surface area contributed by atoms with E-state index >= 15 is 0 Å². The number of anilines is 1. The van der Waals surface area contributed by atoms with Crippen LogP contribution in [0.15, 0.2) is 0 Å². The first kappa shape index (κ1) is 11.5. The Bertz CT molecular complexity index is 380. The SMILES string of the molecule is NC1CCCc2sc(N3CCCCCC3)nc21. The molecule has 1 fully saturated rings. The Morgan fingerprint density at radius 1 is 1.12 bits per heavy atom. The molecule has 1 aliphatic heterocycles. The summed E-state index contributed by atoms with van der Waals surface area (Å²) in [6.45, 7) is 2.36. The lowest BCUT2D eigenvalue weighted by atomic mass is 9.99. The molecule has 0 bridgehead atoms. The maximum Gasteiger partial charge on any atom is 0.185 e. The molecule has 2 aliphatic rings. The molecule has 0 aromatic carbocycles. The normalized spacial score (nSPS) is 25.5. The third-order valence-corrected chi connectivity index (χ3v) is 5.05. The summed E-state index contributed by atoms with van der Waals surface area (Å²) in [4.78, 5) is 8.74. The van der Waals surface area contributed by atoms with Crippen LogP contribution >= 0.6 is 11.3 Å². The van der Waals surface area contributed by atoms with Crippen LogP contribution in [0.3, 0.4) is 0 Å². The molecule has 0 spiro atoms. The van der Waals surface area contributed by atoms with Crippen LogP contribution in [0.4, 0.5) is 5.13 Å². The van der Waals surface area contributed by atoms with Crippen LogP contribution in [0.1, 0.15) is 55.1 Å². The Morgan fingerprint density at radius 2 is 1.88 bits per heavy atom. The van der Waals surface area contributed by atoms with Gasteiger partial charge in [-0.25, -0.2) is 4.98 Å². The molecular formula is C13H21N3S. The predicted octanol–water partition coefficient (Wildman–Crippen LogP) is 2.86. The molecule has 1 aliphatic carbocycles. The molecule has 1 aromatic rings. The fraction of sp³-hybridized carbons (Fsp3) is 0.769. The number of hydrogen-bond acceptors (Lipinski definition) is 4. The number of fused-ring (bicyclic) bond motifs is 1. The molecule has 4 heteroatoms. The molecule has 0 radical (unpaired) electrons. The average Bonchev–Trinajstić information content (AvgIpc) is 2.59. The van der Waals surface area contributed by atoms with E-state index in [0.29, 0.717) is 0 Å². The Hall–Kier alpha value is -0.610. The van der Waals surface area contributed by atoms with E-state index in [1.807, 2.05) is 11.3 Å². The molecule has 1 aromatic heterocycles. The van der Waals surface area contributed by atoms with Gasteiger partial charge in [-0.2, -0.15) is 0 Å². The van der Waals surface area contributed by atoms with Gasteiger partial charge < -0.3 is 10.6 Å². The number of aryl methyl sites for hydroxylation is 1. The molecule has 0 amide bonds. The van der Waals surface area contributed by atoms with Crippen molar-refractivity contribution in [3.63, 3.8) is 0 Å². The minimum Gasteiger partial charge on any atom is -0.348 e. The van der Waals surface area contributed by atoms with Crippen molar-refractivity contribution in [1.29, 1.82) is 0 Å². The van der Waals surface area contributed by atoms with Gasteiger partial charge in [0.2, 0.25) is 0 Å². The molecule has 94 valence electrons. The standard InChI is InChI=1S/C13H21N3S/c14-10-6-5-7-11-12(10)15-13(17-11)16-8-3-1-2-4-9-16/h10H,1-9,14H2. The van der Waals surface area contributed by atoms with Gasteiger partial charge in [-0.3, -0.25) is 0 Å².